The maximum absolute atomic E-state index is 5.79. The van der Waals surface area contributed by atoms with Crippen molar-refractivity contribution < 1.29 is 0 Å². The van der Waals surface area contributed by atoms with Crippen molar-refractivity contribution in [3.63, 3.8) is 0 Å². The zero-order valence-electron chi connectivity index (χ0n) is 42.1. The van der Waals surface area contributed by atoms with Crippen LogP contribution in [0.2, 0.25) is 0 Å². The number of benzene rings is 10. The molecule has 0 aliphatic heterocycles. The standard InChI is InChI=1S/C72H47N5/c1-3-4-9-26-47(2)71(49-29-12-6-13-30-49)60-39-22-18-35-52(60)56-43-58-54-37-20-24-41-64(54)76(66(58)45-62(56)71)69-73-68(48-27-10-5-11-28-48)74-70(75-69)77-65-42-25-21-38-55(65)59-44-57-53-36-19-23-40-61(53)72(63(57)46-67(59)77,50-31-14-7-15-32-50)51-33-16-8-17-34-51/h1,4-46H,2H3. The third kappa shape index (κ3) is 6.27. The van der Waals surface area contributed by atoms with Crippen molar-refractivity contribution in [3.05, 3.63) is 305 Å². The third-order valence-corrected chi connectivity index (χ3v) is 16.5. The van der Waals surface area contributed by atoms with Gasteiger partial charge in [0.05, 0.1) is 32.9 Å². The van der Waals surface area contributed by atoms with E-state index in [1.54, 1.807) is 6.08 Å². The summed E-state index contributed by atoms with van der Waals surface area (Å²) in [5.74, 6) is 4.32. The highest BCUT2D eigenvalue weighted by Gasteiger charge is 2.48. The largest absolute Gasteiger partial charge is 0.278 e. The van der Waals surface area contributed by atoms with Crippen molar-refractivity contribution in [3.8, 4) is 57.9 Å². The zero-order chi connectivity index (χ0) is 51.2. The minimum absolute atomic E-state index is 0.521. The van der Waals surface area contributed by atoms with Gasteiger partial charge in [0, 0.05) is 27.1 Å². The van der Waals surface area contributed by atoms with E-state index >= 15 is 0 Å². The van der Waals surface area contributed by atoms with E-state index in [1.807, 2.05) is 24.3 Å². The molecule has 0 N–H and O–H groups in total. The third-order valence-electron chi connectivity index (χ3n) is 16.5. The summed E-state index contributed by atoms with van der Waals surface area (Å²) in [5, 5.41) is 4.46. The molecule has 0 saturated carbocycles. The molecule has 10 aromatic carbocycles. The fourth-order valence-corrected chi connectivity index (χ4v) is 13.4. The van der Waals surface area contributed by atoms with E-state index in [9.17, 15) is 0 Å². The Balaban J connectivity index is 1.04. The molecular weight excluding hydrogens is 935 g/mol. The van der Waals surface area contributed by atoms with Crippen LogP contribution in [0.25, 0.3) is 89.2 Å². The fraction of sp³-hybridized carbons (Fsp3) is 0.0417. The maximum atomic E-state index is 5.79. The van der Waals surface area contributed by atoms with E-state index in [1.165, 1.54) is 61.2 Å². The van der Waals surface area contributed by atoms with Crippen LogP contribution in [-0.4, -0.2) is 24.1 Å². The van der Waals surface area contributed by atoms with Gasteiger partial charge in [0.15, 0.2) is 5.82 Å². The minimum Gasteiger partial charge on any atom is -0.278 e. The average molecular weight is 982 g/mol. The Morgan fingerprint density at radius 2 is 0.870 bits per heavy atom. The average Bonchev–Trinajstić information content (AvgIpc) is 4.39. The van der Waals surface area contributed by atoms with Gasteiger partial charge in [0.1, 0.15) is 0 Å². The first-order chi connectivity index (χ1) is 38.1. The summed E-state index contributed by atoms with van der Waals surface area (Å²) in [5.41, 5.74) is 18.1. The Bertz CT molecular complexity index is 4590. The lowest BCUT2D eigenvalue weighted by molar-refractivity contribution is 0.747. The summed E-state index contributed by atoms with van der Waals surface area (Å²) in [6.07, 6.45) is 11.7. The first-order valence-corrected chi connectivity index (χ1v) is 26.2. The highest BCUT2D eigenvalue weighted by molar-refractivity contribution is 6.13. The van der Waals surface area contributed by atoms with Crippen LogP contribution >= 0.6 is 0 Å². The number of fused-ring (bicyclic) bond motifs is 12. The van der Waals surface area contributed by atoms with E-state index in [4.69, 9.17) is 21.4 Å². The van der Waals surface area contributed by atoms with Gasteiger partial charge in [-0.2, -0.15) is 15.0 Å². The molecule has 5 nitrogen and oxygen atoms in total. The fourth-order valence-electron chi connectivity index (χ4n) is 13.4. The Morgan fingerprint density at radius 3 is 1.44 bits per heavy atom. The highest BCUT2D eigenvalue weighted by atomic mass is 15.3. The normalized spacial score (nSPS) is 15.2. The minimum atomic E-state index is -0.640. The zero-order valence-corrected chi connectivity index (χ0v) is 42.1. The van der Waals surface area contributed by atoms with Gasteiger partial charge in [-0.05, 0) is 111 Å². The predicted molar refractivity (Wildman–Crippen MR) is 315 cm³/mol. The second-order valence-electron chi connectivity index (χ2n) is 20.2. The molecule has 360 valence electrons. The second-order valence-corrected chi connectivity index (χ2v) is 20.2. The van der Waals surface area contributed by atoms with Gasteiger partial charge in [-0.25, -0.2) is 0 Å². The molecule has 5 heteroatoms. The molecule has 0 saturated heterocycles. The van der Waals surface area contributed by atoms with Crippen molar-refractivity contribution in [1.29, 1.82) is 0 Å². The number of rotatable bonds is 8. The van der Waals surface area contributed by atoms with Crippen LogP contribution in [-0.2, 0) is 10.8 Å². The Labute approximate surface area is 446 Å². The van der Waals surface area contributed by atoms with Crippen molar-refractivity contribution in [1.82, 2.24) is 24.1 Å². The molecule has 2 aliphatic carbocycles. The number of terminal acetylenes is 1. The molecule has 0 amide bonds. The summed E-state index contributed by atoms with van der Waals surface area (Å²) < 4.78 is 4.53. The number of para-hydroxylation sites is 2. The highest BCUT2D eigenvalue weighted by Crippen LogP contribution is 2.59. The van der Waals surface area contributed by atoms with Crippen LogP contribution < -0.4 is 0 Å². The molecule has 15 rings (SSSR count). The van der Waals surface area contributed by atoms with Crippen LogP contribution in [0.5, 0.6) is 0 Å². The van der Waals surface area contributed by atoms with E-state index in [0.29, 0.717) is 17.7 Å². The van der Waals surface area contributed by atoms with Crippen LogP contribution in [0.15, 0.2) is 266 Å². The summed E-state index contributed by atoms with van der Waals surface area (Å²) in [4.78, 5) is 16.7. The summed E-state index contributed by atoms with van der Waals surface area (Å²) >= 11 is 0. The lowest BCUT2D eigenvalue weighted by Gasteiger charge is -2.34. The maximum Gasteiger partial charge on any atom is 0.240 e. The van der Waals surface area contributed by atoms with Gasteiger partial charge >= 0.3 is 0 Å². The Hall–Kier alpha value is -10.2. The quantitative estimate of drug-likeness (QED) is 0.113. The van der Waals surface area contributed by atoms with Crippen LogP contribution in [0.4, 0.5) is 0 Å². The molecule has 0 fully saturated rings. The lowest BCUT2D eigenvalue weighted by Crippen LogP contribution is -2.28. The molecular formula is C72H47N5. The number of nitrogens with zero attached hydrogens (tertiary/aromatic N) is 5. The number of hydrogen-bond acceptors (Lipinski definition) is 3. The summed E-state index contributed by atoms with van der Waals surface area (Å²) in [7, 11) is 0. The van der Waals surface area contributed by atoms with Crippen LogP contribution in [0.1, 0.15) is 45.9 Å². The van der Waals surface area contributed by atoms with E-state index in [2.05, 4.69) is 253 Å². The summed E-state index contributed by atoms with van der Waals surface area (Å²) in [6.45, 7) is 2.23. The predicted octanol–water partition coefficient (Wildman–Crippen LogP) is 16.5. The van der Waals surface area contributed by atoms with E-state index < -0.39 is 10.8 Å². The van der Waals surface area contributed by atoms with Gasteiger partial charge in [-0.1, -0.05) is 230 Å². The van der Waals surface area contributed by atoms with Crippen molar-refractivity contribution >= 4 is 43.6 Å². The van der Waals surface area contributed by atoms with Gasteiger partial charge < -0.3 is 0 Å². The van der Waals surface area contributed by atoms with Crippen molar-refractivity contribution in [2.45, 2.75) is 17.8 Å². The van der Waals surface area contributed by atoms with Crippen LogP contribution in [0.3, 0.4) is 0 Å². The monoisotopic (exact) mass is 981 g/mol. The molecule has 0 radical (unpaired) electrons. The van der Waals surface area contributed by atoms with Gasteiger partial charge in [0.2, 0.25) is 11.9 Å². The first-order valence-electron chi connectivity index (χ1n) is 26.2. The van der Waals surface area contributed by atoms with Crippen LogP contribution in [0, 0.1) is 12.3 Å². The molecule has 3 aromatic heterocycles. The van der Waals surface area contributed by atoms with Gasteiger partial charge in [-0.3, -0.25) is 9.13 Å². The Morgan fingerprint density at radius 1 is 0.416 bits per heavy atom. The Kier molecular flexibility index (Phi) is 9.91. The number of aromatic nitrogens is 5. The molecule has 77 heavy (non-hydrogen) atoms. The SMILES string of the molecule is C#CC=CC=C(C)C1(c2ccccc2)c2ccccc2-c2cc3c4ccccc4n(-c4nc(-c5ccccc5)nc(-n5c6ccccc6c6cc7c(cc65)C(c5ccccc5)(c5ccccc5)c5ccccc5-7)n4)c3cc21. The van der Waals surface area contributed by atoms with E-state index in [0.717, 1.165) is 54.7 Å². The molecule has 2 aliphatic rings. The second kappa shape index (κ2) is 17.2. The lowest BCUT2D eigenvalue weighted by atomic mass is 9.67. The molecule has 1 atom stereocenters. The molecule has 13 aromatic rings. The summed E-state index contributed by atoms with van der Waals surface area (Å²) in [6, 6.07) is 87.9. The smallest absolute Gasteiger partial charge is 0.240 e. The van der Waals surface area contributed by atoms with Gasteiger partial charge in [0.25, 0.3) is 0 Å². The number of allylic oxidation sites excluding steroid dienone is 4. The number of hydrogen-bond donors (Lipinski definition) is 0. The molecule has 1 unspecified atom stereocenters. The molecule has 0 spiro atoms. The van der Waals surface area contributed by atoms with E-state index in [-0.39, 0.29) is 0 Å². The van der Waals surface area contributed by atoms with Crippen molar-refractivity contribution in [2.75, 3.05) is 0 Å². The topological polar surface area (TPSA) is 48.5 Å². The molecule has 3 heterocycles. The first kappa shape index (κ1) is 44.3. The van der Waals surface area contributed by atoms with Crippen molar-refractivity contribution in [2.24, 2.45) is 0 Å². The van der Waals surface area contributed by atoms with Gasteiger partial charge in [-0.15, -0.1) is 6.42 Å². The molecule has 0 bridgehead atoms.